The van der Waals surface area contributed by atoms with E-state index in [1.165, 1.54) is 6.92 Å². The average Bonchev–Trinajstić information content (AvgIpc) is 4.17. The van der Waals surface area contributed by atoms with Gasteiger partial charge in [0.05, 0.1) is 21.4 Å². The zero-order chi connectivity index (χ0) is 56.7. The third kappa shape index (κ3) is 13.6. The van der Waals surface area contributed by atoms with E-state index in [1.807, 2.05) is 113 Å². The van der Waals surface area contributed by atoms with Gasteiger partial charge in [0.15, 0.2) is 11.6 Å². The van der Waals surface area contributed by atoms with Gasteiger partial charge in [-0.25, -0.2) is 28.1 Å². The van der Waals surface area contributed by atoms with Crippen LogP contribution in [0.3, 0.4) is 0 Å². The van der Waals surface area contributed by atoms with Crippen LogP contribution in [0, 0.1) is 0 Å². The maximum Gasteiger partial charge on any atom is 2.00 e. The number of sulfonamides is 1. The first-order chi connectivity index (χ1) is 37.2. The summed E-state index contributed by atoms with van der Waals surface area (Å²) in [7, 11) is -17.3. The summed E-state index contributed by atoms with van der Waals surface area (Å²) < 4.78 is 128. The third-order valence-electron chi connectivity index (χ3n) is 12.1. The van der Waals surface area contributed by atoms with Gasteiger partial charge in [-0.2, -0.15) is 25.3 Å². The summed E-state index contributed by atoms with van der Waals surface area (Å²) in [4.78, 5) is 42.2. The normalized spacial score (nSPS) is 13.2. The van der Waals surface area contributed by atoms with Gasteiger partial charge in [0.25, 0.3) is 30.4 Å². The molecule has 3 atom stereocenters. The molecule has 10 rings (SSSR count). The van der Waals surface area contributed by atoms with Crippen LogP contribution in [0.4, 0.5) is 0 Å². The average molecular weight is 1220 g/mol. The molecule has 0 spiro atoms. The van der Waals surface area contributed by atoms with Crippen LogP contribution in [0.5, 0.6) is 0 Å². The molecule has 0 amide bonds. The van der Waals surface area contributed by atoms with Crippen molar-refractivity contribution in [3.63, 3.8) is 0 Å². The van der Waals surface area contributed by atoms with Gasteiger partial charge in [-0.05, 0) is 77.7 Å². The van der Waals surface area contributed by atoms with Crippen LogP contribution in [0.25, 0.3) is 89.8 Å². The van der Waals surface area contributed by atoms with Crippen molar-refractivity contribution in [2.24, 2.45) is 0 Å². The summed E-state index contributed by atoms with van der Waals surface area (Å²) in [6.07, 6.45) is 1.68. The molecule has 28 heteroatoms. The Bertz CT molecular complexity index is 4010. The molecule has 22 nitrogen and oxygen atoms in total. The summed E-state index contributed by atoms with van der Waals surface area (Å²) in [5.74, 6) is 1.97. The SMILES string of the molecule is CC.CC.CCC(SNCCc1ccc(S(=O)(=O)O)cc1S(=O)(=O)O)C(C(CC)S(=O)(=O)O)S(=O)(=O)NC.[Cu+2].c1ccc2c(c1)-c1nc-2nc2[n-]c(nc3[n-]c(nc4nc(n1)-c1ncccc1-4)c1ccccc31)c1ccccc21. The number of nitrogens with zero attached hydrogens (tertiary/aromatic N) is 9. The van der Waals surface area contributed by atoms with E-state index in [9.17, 15) is 42.8 Å². The number of nitrogens with one attached hydrogen (secondary N) is 2. The van der Waals surface area contributed by atoms with Crippen LogP contribution < -0.4 is 19.4 Å². The Morgan fingerprint density at radius 1 is 0.570 bits per heavy atom. The van der Waals surface area contributed by atoms with E-state index in [2.05, 4.69) is 14.4 Å². The van der Waals surface area contributed by atoms with Gasteiger partial charge in [0.1, 0.15) is 16.2 Å². The van der Waals surface area contributed by atoms with Crippen LogP contribution in [0.15, 0.2) is 119 Å². The zero-order valence-electron chi connectivity index (χ0n) is 43.4. The number of hydrogen-bond acceptors (Lipinski definition) is 17. The molecule has 2 aliphatic rings. The van der Waals surface area contributed by atoms with Crippen LogP contribution in [-0.2, 0) is 63.9 Å². The molecule has 6 heterocycles. The molecular weight excluding hydrogens is 1170 g/mol. The zero-order valence-corrected chi connectivity index (χ0v) is 48.5. The minimum atomic E-state index is -4.83. The Kier molecular flexibility index (Phi) is 20.4. The van der Waals surface area contributed by atoms with Crippen LogP contribution in [0.2, 0.25) is 0 Å². The van der Waals surface area contributed by atoms with Gasteiger partial charge in [-0.3, -0.25) is 23.4 Å². The van der Waals surface area contributed by atoms with E-state index in [0.717, 1.165) is 69.4 Å². The number of fused-ring (bicyclic) bond motifs is 20. The van der Waals surface area contributed by atoms with Crippen molar-refractivity contribution in [3.8, 4) is 45.7 Å². The van der Waals surface area contributed by atoms with Gasteiger partial charge in [0, 0.05) is 57.3 Å². The summed E-state index contributed by atoms with van der Waals surface area (Å²) in [6, 6.07) is 30.2. The fourth-order valence-corrected chi connectivity index (χ4v) is 14.9. The number of rotatable bonds is 14. The molecule has 0 aliphatic carbocycles. The second-order valence-corrected chi connectivity index (χ2v) is 24.2. The minimum absolute atomic E-state index is 0. The Labute approximate surface area is 472 Å². The Morgan fingerprint density at radius 2 is 1.04 bits per heavy atom. The number of aromatic nitrogens is 9. The van der Waals surface area contributed by atoms with Crippen molar-refractivity contribution in [3.05, 3.63) is 115 Å². The topological polar surface area (TPSA) is 340 Å². The van der Waals surface area contributed by atoms with E-state index in [0.29, 0.717) is 57.6 Å². The molecule has 1 radical (unpaired) electrons. The maximum absolute atomic E-state index is 12.6. The molecular formula is C51H55CuN11O11S5. The molecule has 8 bridgehead atoms. The summed E-state index contributed by atoms with van der Waals surface area (Å²) in [5.41, 5.74) is 5.32. The summed E-state index contributed by atoms with van der Waals surface area (Å²) >= 11 is 0.879. The van der Waals surface area contributed by atoms with Crippen molar-refractivity contribution >= 4 is 96.5 Å². The third-order valence-corrected chi connectivity index (χ3v) is 18.9. The number of benzene rings is 4. The van der Waals surface area contributed by atoms with Crippen LogP contribution in [0.1, 0.15) is 59.9 Å². The second-order valence-electron chi connectivity index (χ2n) is 16.6. The van der Waals surface area contributed by atoms with Crippen molar-refractivity contribution in [1.82, 2.24) is 54.3 Å². The van der Waals surface area contributed by atoms with Crippen molar-refractivity contribution < 1.29 is 64.4 Å². The van der Waals surface area contributed by atoms with E-state index in [4.69, 9.17) is 44.4 Å². The molecule has 0 saturated carbocycles. The molecule has 2 aliphatic heterocycles. The van der Waals surface area contributed by atoms with Gasteiger partial charge in [-0.1, -0.05) is 132 Å². The standard InChI is InChI=1S/C31H15N9.C16H28N2O11S5.2C2H6.Cu/c1-2-9-17-16(8-1)24-33-25(17)35-27-20-12-5-6-13-21(20)29(37-27)39-31-23-22(14-7-15-32-23)30(40-31)38-28-19-11-4-3-10-18(19)26(34-24)36-28;1-4-13(16(31(19,20)17-3)14(5-2)33(24,25)26)30-18-9-8-11-6-7-12(32(21,22)23)10-15(11)34(27,28)29;2*1-2;/h1-15H;6-7,10,13-14,16-18H,4-5,8-9H2,1-3H3,(H,21,22,23)(H,24,25,26)(H,27,28,29);2*1-2H3;/q-2;;;;+2. The molecule has 5 N–H and O–H groups in total. The number of hydrogen-bond donors (Lipinski definition) is 5. The molecule has 4 aromatic carbocycles. The molecule has 421 valence electrons. The maximum atomic E-state index is 12.6. The monoisotopic (exact) mass is 1220 g/mol. The minimum Gasteiger partial charge on any atom is -0.357 e. The van der Waals surface area contributed by atoms with E-state index in [1.54, 1.807) is 13.1 Å². The predicted molar refractivity (Wildman–Crippen MR) is 301 cm³/mol. The summed E-state index contributed by atoms with van der Waals surface area (Å²) in [6.45, 7) is 11.1. The van der Waals surface area contributed by atoms with Gasteiger partial charge >= 0.3 is 17.1 Å². The first kappa shape index (κ1) is 62.1. The molecule has 4 aromatic heterocycles. The largest absolute Gasteiger partial charge is 2.00 e. The quantitative estimate of drug-likeness (QED) is 0.0299. The molecule has 8 aromatic rings. The molecule has 79 heavy (non-hydrogen) atoms. The number of pyridine rings is 1. The van der Waals surface area contributed by atoms with Crippen LogP contribution >= 0.6 is 11.9 Å². The van der Waals surface area contributed by atoms with Crippen molar-refractivity contribution in [2.45, 2.75) is 86.3 Å². The Balaban J connectivity index is 0.000000241. The molecule has 0 saturated heterocycles. The first-order valence-corrected chi connectivity index (χ1v) is 31.3. The van der Waals surface area contributed by atoms with E-state index < -0.39 is 65.9 Å². The van der Waals surface area contributed by atoms with E-state index >= 15 is 0 Å². The predicted octanol–water partition coefficient (Wildman–Crippen LogP) is 7.90. The Morgan fingerprint density at radius 3 is 1.51 bits per heavy atom. The Hall–Kier alpha value is -6.14. The van der Waals surface area contributed by atoms with Gasteiger partial charge in [-0.15, -0.1) is 0 Å². The summed E-state index contributed by atoms with van der Waals surface area (Å²) in [5, 5.41) is -0.427. The smallest absolute Gasteiger partial charge is 0.357 e. The van der Waals surface area contributed by atoms with Crippen molar-refractivity contribution in [2.75, 3.05) is 13.6 Å². The fraction of sp³-hybridized carbons (Fsp3) is 0.275. The van der Waals surface area contributed by atoms with Crippen LogP contribution in [-0.4, -0.2) is 112 Å². The second kappa shape index (κ2) is 26.0. The van der Waals surface area contributed by atoms with E-state index in [-0.39, 0.29) is 48.4 Å². The first-order valence-electron chi connectivity index (χ1n) is 24.5. The fourth-order valence-electron chi connectivity index (χ4n) is 8.60. The van der Waals surface area contributed by atoms with Crippen molar-refractivity contribution in [1.29, 1.82) is 0 Å². The van der Waals surface area contributed by atoms with Gasteiger partial charge < -0.3 is 24.9 Å². The molecule has 0 fully saturated rings. The molecule has 3 unspecified atom stereocenters. The van der Waals surface area contributed by atoms with Gasteiger partial charge in [0.2, 0.25) is 10.0 Å².